The molecule has 0 bridgehead atoms. The molecule has 7 rings (SSSR count). The van der Waals surface area contributed by atoms with Crippen molar-refractivity contribution in [2.24, 2.45) is 13.0 Å². The van der Waals surface area contributed by atoms with Crippen LogP contribution in [-0.4, -0.2) is 0 Å². The van der Waals surface area contributed by atoms with Gasteiger partial charge in [-0.1, -0.05) is 84.1 Å². The Labute approximate surface area is 242 Å². The highest BCUT2D eigenvalue weighted by atomic mass is 16.3. The lowest BCUT2D eigenvalue weighted by Crippen LogP contribution is -2.34. The Kier molecular flexibility index (Phi) is 5.42. The van der Waals surface area contributed by atoms with Crippen LogP contribution in [0.2, 0.25) is 0 Å². The van der Waals surface area contributed by atoms with Crippen LogP contribution in [0, 0.1) is 12.8 Å². The van der Waals surface area contributed by atoms with E-state index in [4.69, 9.17) is 7.16 Å². The number of benzene rings is 3. The lowest BCUT2D eigenvalue weighted by molar-refractivity contribution is -0.660. The smallest absolute Gasteiger partial charge is 0.212 e. The number of pyridine rings is 1. The van der Waals surface area contributed by atoms with E-state index in [2.05, 4.69) is 88.7 Å². The number of aryl methyl sites for hydroxylation is 2. The number of hydrogen-bond donors (Lipinski definition) is 0. The minimum atomic E-state index is -1.34. The van der Waals surface area contributed by atoms with Crippen LogP contribution in [0.1, 0.15) is 97.6 Å². The highest BCUT2D eigenvalue weighted by Gasteiger charge is 2.41. The van der Waals surface area contributed by atoms with E-state index >= 15 is 0 Å². The van der Waals surface area contributed by atoms with Gasteiger partial charge in [0.25, 0.3) is 0 Å². The summed E-state index contributed by atoms with van der Waals surface area (Å²) in [6, 6.07) is 17.4. The Morgan fingerprint density at radius 1 is 0.875 bits per heavy atom. The fraction of sp³-hybridized carbons (Fsp3) is 0.447. The van der Waals surface area contributed by atoms with Crippen LogP contribution >= 0.6 is 0 Å². The van der Waals surface area contributed by atoms with E-state index in [0.717, 1.165) is 72.1 Å². The number of rotatable bonds is 3. The van der Waals surface area contributed by atoms with Gasteiger partial charge in [0, 0.05) is 36.6 Å². The van der Waals surface area contributed by atoms with Crippen molar-refractivity contribution >= 4 is 32.7 Å². The first kappa shape index (κ1) is 23.6. The van der Waals surface area contributed by atoms with Gasteiger partial charge in [-0.15, -0.1) is 0 Å². The molecule has 2 nitrogen and oxygen atoms in total. The maximum atomic E-state index is 9.16. The fourth-order valence-electron chi connectivity index (χ4n) is 7.78. The average Bonchev–Trinajstić information content (AvgIpc) is 3.33. The molecule has 0 amide bonds. The van der Waals surface area contributed by atoms with Crippen LogP contribution in [0.3, 0.4) is 0 Å². The van der Waals surface area contributed by atoms with Gasteiger partial charge in [0.1, 0.15) is 18.2 Å². The molecule has 0 atom stereocenters. The first-order chi connectivity index (χ1) is 19.9. The molecular weight excluding hydrogens is 486 g/mol. The SMILES string of the molecule is [2H]C([2H])(c1cc[n+](C)c(-c2cc3c(cc2C)oc2c4ccccc4c4c(c32)C(C)(C)CCC4(C)C)c1)C1CCCCC1. The molecule has 0 N–H and O–H groups in total. The van der Waals surface area contributed by atoms with E-state index in [9.17, 15) is 0 Å². The van der Waals surface area contributed by atoms with Gasteiger partial charge in [-0.25, -0.2) is 4.57 Å². The molecule has 0 saturated heterocycles. The van der Waals surface area contributed by atoms with E-state index in [1.807, 2.05) is 12.3 Å². The standard InChI is InChI=1S/C38H44NO/c1-24-20-32-30(23-29(24)31-22-26(16-19-39(31)6)21-25-12-8-7-9-13-25)33-35-34(37(2,3)17-18-38(35,4)5)27-14-10-11-15-28(27)36(33)40-32/h10-11,14-16,19-20,22-23,25H,7-9,12-13,17-18,21H2,1-6H3/q+1/i21D2. The average molecular weight is 533 g/mol. The van der Waals surface area contributed by atoms with E-state index in [0.29, 0.717) is 0 Å². The van der Waals surface area contributed by atoms with Crippen LogP contribution in [0.15, 0.2) is 59.1 Å². The van der Waals surface area contributed by atoms with Gasteiger partial charge in [0.05, 0.1) is 0 Å². The van der Waals surface area contributed by atoms with Crippen molar-refractivity contribution < 1.29 is 11.7 Å². The Morgan fingerprint density at radius 2 is 1.57 bits per heavy atom. The summed E-state index contributed by atoms with van der Waals surface area (Å²) in [5.74, 6) is 0.0820. The zero-order chi connectivity index (χ0) is 29.6. The third kappa shape index (κ3) is 4.01. The number of nitrogens with zero attached hydrogens (tertiary/aromatic N) is 1. The van der Waals surface area contributed by atoms with E-state index in [1.165, 1.54) is 39.1 Å². The predicted octanol–water partition coefficient (Wildman–Crippen LogP) is 10.0. The van der Waals surface area contributed by atoms with Crippen molar-refractivity contribution in [1.29, 1.82) is 0 Å². The molecule has 2 aliphatic carbocycles. The second-order valence-corrected chi connectivity index (χ2v) is 13.9. The van der Waals surface area contributed by atoms with Gasteiger partial charge < -0.3 is 4.42 Å². The minimum absolute atomic E-state index is 0.0234. The van der Waals surface area contributed by atoms with Crippen molar-refractivity contribution in [2.45, 2.75) is 96.8 Å². The van der Waals surface area contributed by atoms with Crippen LogP contribution in [0.5, 0.6) is 0 Å². The van der Waals surface area contributed by atoms with Crippen LogP contribution in [0.4, 0.5) is 0 Å². The summed E-state index contributed by atoms with van der Waals surface area (Å²) < 4.78 is 27.3. The Hall–Kier alpha value is -3.13. The quantitative estimate of drug-likeness (QED) is 0.211. The molecule has 5 aromatic rings. The molecule has 1 fully saturated rings. The van der Waals surface area contributed by atoms with Crippen LogP contribution < -0.4 is 4.57 Å². The number of furan rings is 1. The van der Waals surface area contributed by atoms with E-state index < -0.39 is 6.37 Å². The lowest BCUT2D eigenvalue weighted by atomic mass is 9.61. The van der Waals surface area contributed by atoms with E-state index in [1.54, 1.807) is 0 Å². The lowest BCUT2D eigenvalue weighted by Gasteiger charge is -2.43. The summed E-state index contributed by atoms with van der Waals surface area (Å²) in [7, 11) is 2.08. The van der Waals surface area contributed by atoms with Crippen LogP contribution in [-0.2, 0) is 24.3 Å². The molecule has 3 aromatic carbocycles. The van der Waals surface area contributed by atoms with Gasteiger partial charge in [0.2, 0.25) is 5.69 Å². The van der Waals surface area contributed by atoms with Crippen molar-refractivity contribution in [3.05, 3.63) is 77.0 Å². The molecule has 0 spiro atoms. The summed E-state index contributed by atoms with van der Waals surface area (Å²) in [5, 5.41) is 4.94. The summed E-state index contributed by atoms with van der Waals surface area (Å²) in [6.07, 6.45) is 8.45. The molecule has 206 valence electrons. The monoisotopic (exact) mass is 532 g/mol. The zero-order valence-corrected chi connectivity index (χ0v) is 25.1. The van der Waals surface area contributed by atoms with Gasteiger partial charge in [-0.2, -0.15) is 0 Å². The molecular formula is C38H44NO+. The second-order valence-electron chi connectivity index (χ2n) is 13.9. The van der Waals surface area contributed by atoms with Gasteiger partial charge in [-0.05, 0) is 82.7 Å². The molecule has 40 heavy (non-hydrogen) atoms. The summed E-state index contributed by atoms with van der Waals surface area (Å²) >= 11 is 0. The highest BCUT2D eigenvalue weighted by Crippen LogP contribution is 2.54. The molecule has 2 heterocycles. The summed E-state index contributed by atoms with van der Waals surface area (Å²) in [4.78, 5) is 0. The first-order valence-corrected chi connectivity index (χ1v) is 15.3. The number of hydrogen-bond acceptors (Lipinski definition) is 1. The molecule has 0 radical (unpaired) electrons. The topological polar surface area (TPSA) is 17.0 Å². The third-order valence-corrected chi connectivity index (χ3v) is 10.1. The van der Waals surface area contributed by atoms with E-state index in [-0.39, 0.29) is 16.7 Å². The fourth-order valence-corrected chi connectivity index (χ4v) is 7.78. The Bertz CT molecular complexity index is 1870. The molecule has 2 heteroatoms. The Morgan fingerprint density at radius 3 is 2.33 bits per heavy atom. The van der Waals surface area contributed by atoms with Crippen molar-refractivity contribution in [3.8, 4) is 11.3 Å². The normalized spacial score (nSPS) is 20.1. The summed E-state index contributed by atoms with van der Waals surface area (Å²) in [6.45, 7) is 11.8. The van der Waals surface area contributed by atoms with Gasteiger partial charge in [-0.3, -0.25) is 0 Å². The minimum Gasteiger partial charge on any atom is -0.455 e. The molecule has 2 aromatic heterocycles. The van der Waals surface area contributed by atoms with Crippen molar-refractivity contribution in [3.63, 3.8) is 0 Å². The largest absolute Gasteiger partial charge is 0.455 e. The second kappa shape index (κ2) is 9.20. The van der Waals surface area contributed by atoms with Gasteiger partial charge in [0.15, 0.2) is 6.20 Å². The van der Waals surface area contributed by atoms with Crippen molar-refractivity contribution in [1.82, 2.24) is 0 Å². The van der Waals surface area contributed by atoms with Gasteiger partial charge >= 0.3 is 0 Å². The maximum absolute atomic E-state index is 9.16. The third-order valence-electron chi connectivity index (χ3n) is 10.1. The molecule has 0 unspecified atom stereocenters. The van der Waals surface area contributed by atoms with Crippen LogP contribution in [0.25, 0.3) is 44.0 Å². The van der Waals surface area contributed by atoms with Crippen molar-refractivity contribution in [2.75, 3.05) is 0 Å². The predicted molar refractivity (Wildman–Crippen MR) is 168 cm³/mol. The highest BCUT2D eigenvalue weighted by molar-refractivity contribution is 6.19. The maximum Gasteiger partial charge on any atom is 0.212 e. The molecule has 0 aliphatic heterocycles. The number of aromatic nitrogens is 1. The summed E-state index contributed by atoms with van der Waals surface area (Å²) in [5.41, 5.74) is 9.06. The first-order valence-electron chi connectivity index (χ1n) is 16.3. The Balaban J connectivity index is 1.51. The number of fused-ring (bicyclic) bond motifs is 8. The molecule has 1 saturated carbocycles. The zero-order valence-electron chi connectivity index (χ0n) is 27.1. The molecule has 2 aliphatic rings.